The Labute approximate surface area is 142 Å². The normalized spacial score (nSPS) is 14.6. The molecule has 1 saturated heterocycles. The molecule has 0 spiro atoms. The minimum atomic E-state index is -0.0756. The van der Waals surface area contributed by atoms with E-state index < -0.39 is 0 Å². The molecule has 0 saturated carbocycles. The summed E-state index contributed by atoms with van der Waals surface area (Å²) >= 11 is 0. The highest BCUT2D eigenvalue weighted by Crippen LogP contribution is 2.21. The van der Waals surface area contributed by atoms with Gasteiger partial charge in [-0.3, -0.25) is 4.79 Å². The summed E-state index contributed by atoms with van der Waals surface area (Å²) in [5.74, 6) is 0.527. The second kappa shape index (κ2) is 7.97. The van der Waals surface area contributed by atoms with E-state index in [9.17, 15) is 4.79 Å². The molecule has 2 heterocycles. The summed E-state index contributed by atoms with van der Waals surface area (Å²) in [7, 11) is 0. The van der Waals surface area contributed by atoms with Gasteiger partial charge in [0, 0.05) is 19.2 Å². The molecule has 0 N–H and O–H groups in total. The number of carbonyl (C=O) groups is 1. The lowest BCUT2D eigenvalue weighted by atomic mass is 10.3. The maximum Gasteiger partial charge on any atom is 0.274 e. The largest absolute Gasteiger partial charge is 0.478 e. The van der Waals surface area contributed by atoms with Gasteiger partial charge in [-0.2, -0.15) is 5.10 Å². The number of hydrogen-bond acceptors (Lipinski definition) is 4. The number of benzene rings is 1. The Morgan fingerprint density at radius 1 is 1.25 bits per heavy atom. The van der Waals surface area contributed by atoms with Crippen LogP contribution in [0.4, 0.5) is 0 Å². The van der Waals surface area contributed by atoms with Gasteiger partial charge >= 0.3 is 0 Å². The zero-order chi connectivity index (χ0) is 16.8. The Morgan fingerprint density at radius 2 is 2.00 bits per heavy atom. The average molecular weight is 329 g/mol. The Balaban J connectivity index is 1.86. The third kappa shape index (κ3) is 3.76. The number of amides is 1. The summed E-state index contributed by atoms with van der Waals surface area (Å²) < 4.78 is 12.9. The van der Waals surface area contributed by atoms with E-state index in [1.807, 2.05) is 30.3 Å². The molecule has 6 nitrogen and oxygen atoms in total. The fourth-order valence-corrected chi connectivity index (χ4v) is 2.57. The SMILES string of the molecule is CCCCOc1cc(C(=O)N2CCOCC2)nn1-c1ccccc1. The molecule has 1 aliphatic rings. The third-order valence-corrected chi connectivity index (χ3v) is 3.94. The monoisotopic (exact) mass is 329 g/mol. The lowest BCUT2D eigenvalue weighted by molar-refractivity contribution is 0.0298. The molecule has 0 bridgehead atoms. The van der Waals surface area contributed by atoms with Crippen molar-refractivity contribution in [3.8, 4) is 11.6 Å². The maximum absolute atomic E-state index is 12.7. The number of hydrogen-bond donors (Lipinski definition) is 0. The van der Waals surface area contributed by atoms with E-state index in [0.29, 0.717) is 44.5 Å². The van der Waals surface area contributed by atoms with E-state index in [1.165, 1.54) is 0 Å². The first-order chi connectivity index (χ1) is 11.8. The van der Waals surface area contributed by atoms with E-state index in [-0.39, 0.29) is 5.91 Å². The van der Waals surface area contributed by atoms with E-state index in [4.69, 9.17) is 9.47 Å². The molecular formula is C18H23N3O3. The van der Waals surface area contributed by atoms with E-state index >= 15 is 0 Å². The van der Waals surface area contributed by atoms with Gasteiger partial charge in [0.1, 0.15) is 0 Å². The molecule has 0 atom stereocenters. The zero-order valence-electron chi connectivity index (χ0n) is 14.0. The molecule has 3 rings (SSSR count). The van der Waals surface area contributed by atoms with Gasteiger partial charge in [-0.25, -0.2) is 4.68 Å². The zero-order valence-corrected chi connectivity index (χ0v) is 14.0. The van der Waals surface area contributed by atoms with Crippen molar-refractivity contribution in [1.29, 1.82) is 0 Å². The summed E-state index contributed by atoms with van der Waals surface area (Å²) in [5, 5.41) is 4.49. The smallest absolute Gasteiger partial charge is 0.274 e. The number of morpholine rings is 1. The van der Waals surface area contributed by atoms with Crippen molar-refractivity contribution in [2.75, 3.05) is 32.9 Å². The van der Waals surface area contributed by atoms with Crippen molar-refractivity contribution in [3.05, 3.63) is 42.1 Å². The van der Waals surface area contributed by atoms with Gasteiger partial charge in [0.2, 0.25) is 5.88 Å². The summed E-state index contributed by atoms with van der Waals surface area (Å²) in [6.45, 7) is 5.08. The fraction of sp³-hybridized carbons (Fsp3) is 0.444. The quantitative estimate of drug-likeness (QED) is 0.764. The van der Waals surface area contributed by atoms with Crippen LogP contribution < -0.4 is 4.74 Å². The molecular weight excluding hydrogens is 306 g/mol. The molecule has 1 aromatic heterocycles. The topological polar surface area (TPSA) is 56.6 Å². The molecule has 0 aliphatic carbocycles. The first-order valence-corrected chi connectivity index (χ1v) is 8.45. The second-order valence-electron chi connectivity index (χ2n) is 5.72. The van der Waals surface area contributed by atoms with Crippen LogP contribution in [-0.4, -0.2) is 53.5 Å². The van der Waals surface area contributed by atoms with Gasteiger partial charge in [0.25, 0.3) is 5.91 Å². The van der Waals surface area contributed by atoms with Crippen LogP contribution in [0.15, 0.2) is 36.4 Å². The van der Waals surface area contributed by atoms with E-state index in [0.717, 1.165) is 18.5 Å². The van der Waals surface area contributed by atoms with Crippen molar-refractivity contribution in [3.63, 3.8) is 0 Å². The number of carbonyl (C=O) groups excluding carboxylic acids is 1. The van der Waals surface area contributed by atoms with Gasteiger partial charge in [0.15, 0.2) is 5.69 Å². The third-order valence-electron chi connectivity index (χ3n) is 3.94. The highest BCUT2D eigenvalue weighted by atomic mass is 16.5. The van der Waals surface area contributed by atoms with Crippen LogP contribution in [-0.2, 0) is 4.74 Å². The van der Waals surface area contributed by atoms with Crippen molar-refractivity contribution in [2.45, 2.75) is 19.8 Å². The molecule has 128 valence electrons. The minimum Gasteiger partial charge on any atom is -0.478 e. The van der Waals surface area contributed by atoms with E-state index in [2.05, 4.69) is 12.0 Å². The van der Waals surface area contributed by atoms with Gasteiger partial charge in [0.05, 0.1) is 25.5 Å². The van der Waals surface area contributed by atoms with Crippen molar-refractivity contribution in [2.24, 2.45) is 0 Å². The average Bonchev–Trinajstić information content (AvgIpc) is 3.07. The molecule has 1 amide bonds. The van der Waals surface area contributed by atoms with Crippen molar-refractivity contribution < 1.29 is 14.3 Å². The predicted octanol–water partition coefficient (Wildman–Crippen LogP) is 2.52. The van der Waals surface area contributed by atoms with Crippen LogP contribution in [0.1, 0.15) is 30.3 Å². The molecule has 1 aromatic carbocycles. The number of para-hydroxylation sites is 1. The van der Waals surface area contributed by atoms with Gasteiger partial charge in [-0.05, 0) is 18.6 Å². The molecule has 6 heteroatoms. The fourth-order valence-electron chi connectivity index (χ4n) is 2.57. The van der Waals surface area contributed by atoms with Crippen LogP contribution >= 0.6 is 0 Å². The Morgan fingerprint density at radius 3 is 2.71 bits per heavy atom. The summed E-state index contributed by atoms with van der Waals surface area (Å²) in [6, 6.07) is 11.5. The Bertz CT molecular complexity index is 663. The standard InChI is InChI=1S/C18H23N3O3/c1-2-3-11-24-17-14-16(18(22)20-9-12-23-13-10-20)19-21(17)15-7-5-4-6-8-15/h4-8,14H,2-3,9-13H2,1H3. The van der Waals surface area contributed by atoms with Crippen molar-refractivity contribution >= 4 is 5.91 Å². The summed E-state index contributed by atoms with van der Waals surface area (Å²) in [5.41, 5.74) is 1.29. The highest BCUT2D eigenvalue weighted by molar-refractivity contribution is 5.92. The number of nitrogens with zero attached hydrogens (tertiary/aromatic N) is 3. The summed E-state index contributed by atoms with van der Waals surface area (Å²) in [4.78, 5) is 14.4. The molecule has 0 radical (unpaired) electrons. The first kappa shape index (κ1) is 16.5. The predicted molar refractivity (Wildman–Crippen MR) is 90.7 cm³/mol. The number of ether oxygens (including phenoxy) is 2. The lowest BCUT2D eigenvalue weighted by Crippen LogP contribution is -2.40. The molecule has 2 aromatic rings. The first-order valence-electron chi connectivity index (χ1n) is 8.45. The highest BCUT2D eigenvalue weighted by Gasteiger charge is 2.23. The molecule has 24 heavy (non-hydrogen) atoms. The van der Waals surface area contributed by atoms with Crippen LogP contribution in [0.2, 0.25) is 0 Å². The number of rotatable bonds is 6. The Hall–Kier alpha value is -2.34. The molecule has 1 aliphatic heterocycles. The molecule has 1 fully saturated rings. The van der Waals surface area contributed by atoms with Crippen LogP contribution in [0, 0.1) is 0 Å². The van der Waals surface area contributed by atoms with E-state index in [1.54, 1.807) is 15.6 Å². The van der Waals surface area contributed by atoms with Crippen LogP contribution in [0.3, 0.4) is 0 Å². The lowest BCUT2D eigenvalue weighted by Gasteiger charge is -2.25. The van der Waals surface area contributed by atoms with Crippen molar-refractivity contribution in [1.82, 2.24) is 14.7 Å². The summed E-state index contributed by atoms with van der Waals surface area (Å²) in [6.07, 6.45) is 2.02. The Kier molecular flexibility index (Phi) is 5.48. The van der Waals surface area contributed by atoms with Gasteiger partial charge in [-0.15, -0.1) is 0 Å². The number of unbranched alkanes of at least 4 members (excludes halogenated alkanes) is 1. The van der Waals surface area contributed by atoms with Crippen LogP contribution in [0.25, 0.3) is 5.69 Å². The van der Waals surface area contributed by atoms with Gasteiger partial charge in [-0.1, -0.05) is 31.5 Å². The molecule has 0 unspecified atom stereocenters. The maximum atomic E-state index is 12.7. The van der Waals surface area contributed by atoms with Gasteiger partial charge < -0.3 is 14.4 Å². The number of aromatic nitrogens is 2. The van der Waals surface area contributed by atoms with Crippen LogP contribution in [0.5, 0.6) is 5.88 Å². The second-order valence-corrected chi connectivity index (χ2v) is 5.72. The minimum absolute atomic E-state index is 0.0756.